The molecule has 23 heavy (non-hydrogen) atoms. The number of benzene rings is 1. The van der Waals surface area contributed by atoms with Crippen LogP contribution in [0.25, 0.3) is 0 Å². The third-order valence-corrected chi connectivity index (χ3v) is 5.10. The van der Waals surface area contributed by atoms with Crippen LogP contribution in [0.3, 0.4) is 0 Å². The topological polar surface area (TPSA) is 64.0 Å². The first-order valence-corrected chi connectivity index (χ1v) is 8.52. The van der Waals surface area contributed by atoms with Gasteiger partial charge in [-0.3, -0.25) is 14.2 Å². The van der Waals surface area contributed by atoms with E-state index in [2.05, 4.69) is 10.3 Å². The Morgan fingerprint density at radius 2 is 2.13 bits per heavy atom. The van der Waals surface area contributed by atoms with Gasteiger partial charge in [-0.25, -0.2) is 4.98 Å². The van der Waals surface area contributed by atoms with Gasteiger partial charge in [0.05, 0.1) is 6.04 Å². The maximum absolute atomic E-state index is 12.4. The number of carbonyl (C=O) groups excluding carboxylic acids is 1. The standard InChI is InChI=1S/C17H19N3O2S/c1-10-4-5-11(2)14(6-10)19-15(21)7-13-9-23-17-18-8-12(3)16(22)20(13)17/h4-6,8,13H,7,9H2,1-3H3,(H,19,21). The van der Waals surface area contributed by atoms with Crippen molar-refractivity contribution in [3.8, 4) is 0 Å². The quantitative estimate of drug-likeness (QED) is 0.880. The van der Waals surface area contributed by atoms with Crippen molar-refractivity contribution < 1.29 is 4.79 Å². The fourth-order valence-corrected chi connectivity index (χ4v) is 3.76. The first kappa shape index (κ1) is 15.8. The van der Waals surface area contributed by atoms with Gasteiger partial charge < -0.3 is 5.32 Å². The number of aryl methyl sites for hydroxylation is 3. The summed E-state index contributed by atoms with van der Waals surface area (Å²) < 4.78 is 1.66. The second-order valence-electron chi connectivity index (χ2n) is 5.93. The lowest BCUT2D eigenvalue weighted by Gasteiger charge is -2.14. The molecule has 0 saturated heterocycles. The number of fused-ring (bicyclic) bond motifs is 1. The zero-order chi connectivity index (χ0) is 16.6. The van der Waals surface area contributed by atoms with E-state index >= 15 is 0 Å². The van der Waals surface area contributed by atoms with E-state index in [9.17, 15) is 9.59 Å². The van der Waals surface area contributed by atoms with Crippen molar-refractivity contribution in [2.75, 3.05) is 11.1 Å². The Balaban J connectivity index is 1.77. The molecule has 1 N–H and O–H groups in total. The highest BCUT2D eigenvalue weighted by Gasteiger charge is 2.27. The van der Waals surface area contributed by atoms with Gasteiger partial charge in [0.15, 0.2) is 5.16 Å². The highest BCUT2D eigenvalue weighted by atomic mass is 32.2. The summed E-state index contributed by atoms with van der Waals surface area (Å²) in [5.41, 5.74) is 3.51. The van der Waals surface area contributed by atoms with Gasteiger partial charge in [-0.2, -0.15) is 0 Å². The van der Waals surface area contributed by atoms with E-state index in [-0.39, 0.29) is 23.9 Å². The lowest BCUT2D eigenvalue weighted by atomic mass is 10.1. The summed E-state index contributed by atoms with van der Waals surface area (Å²) in [7, 11) is 0. The van der Waals surface area contributed by atoms with Crippen molar-refractivity contribution >= 4 is 23.4 Å². The minimum Gasteiger partial charge on any atom is -0.326 e. The minimum atomic E-state index is -0.139. The molecule has 5 nitrogen and oxygen atoms in total. The van der Waals surface area contributed by atoms with Crippen molar-refractivity contribution in [3.05, 3.63) is 51.4 Å². The fourth-order valence-electron chi connectivity index (χ4n) is 2.66. The van der Waals surface area contributed by atoms with Crippen LogP contribution in [0, 0.1) is 20.8 Å². The summed E-state index contributed by atoms with van der Waals surface area (Å²) in [6.45, 7) is 5.71. The third-order valence-electron chi connectivity index (χ3n) is 3.99. The number of nitrogens with one attached hydrogen (secondary N) is 1. The predicted molar refractivity (Wildman–Crippen MR) is 92.2 cm³/mol. The normalized spacial score (nSPS) is 16.2. The number of amides is 1. The molecule has 1 amide bonds. The Hall–Kier alpha value is -2.08. The van der Waals surface area contributed by atoms with Gasteiger partial charge in [-0.15, -0.1) is 0 Å². The van der Waals surface area contributed by atoms with Crippen molar-refractivity contribution in [1.29, 1.82) is 0 Å². The molecule has 0 spiro atoms. The van der Waals surface area contributed by atoms with E-state index in [0.29, 0.717) is 16.5 Å². The SMILES string of the molecule is Cc1ccc(C)c(NC(=O)CC2CSc3ncc(C)c(=O)n32)c1. The number of anilines is 1. The lowest BCUT2D eigenvalue weighted by molar-refractivity contribution is -0.116. The van der Waals surface area contributed by atoms with E-state index < -0.39 is 0 Å². The van der Waals surface area contributed by atoms with E-state index in [1.54, 1.807) is 17.7 Å². The van der Waals surface area contributed by atoms with E-state index in [1.807, 2.05) is 32.0 Å². The third kappa shape index (κ3) is 3.17. The Labute approximate surface area is 139 Å². The van der Waals surface area contributed by atoms with Gasteiger partial charge in [0.2, 0.25) is 5.91 Å². The number of nitrogens with zero attached hydrogens (tertiary/aromatic N) is 2. The fraction of sp³-hybridized carbons (Fsp3) is 0.353. The molecule has 1 aliphatic rings. The van der Waals surface area contributed by atoms with Crippen LogP contribution in [0.5, 0.6) is 0 Å². The molecule has 0 fully saturated rings. The molecule has 120 valence electrons. The highest BCUT2D eigenvalue weighted by molar-refractivity contribution is 7.99. The van der Waals surface area contributed by atoms with Gasteiger partial charge in [0.1, 0.15) is 0 Å². The molecule has 0 aliphatic carbocycles. The maximum atomic E-state index is 12.4. The van der Waals surface area contributed by atoms with Crippen molar-refractivity contribution in [3.63, 3.8) is 0 Å². The molecule has 6 heteroatoms. The Bertz CT molecular complexity index is 829. The number of carbonyl (C=O) groups is 1. The smallest absolute Gasteiger partial charge is 0.257 e. The predicted octanol–water partition coefficient (Wildman–Crippen LogP) is 2.84. The van der Waals surface area contributed by atoms with Crippen LogP contribution in [0.4, 0.5) is 5.69 Å². The summed E-state index contributed by atoms with van der Waals surface area (Å²) in [6.07, 6.45) is 1.87. The zero-order valence-electron chi connectivity index (χ0n) is 13.4. The molecule has 1 unspecified atom stereocenters. The van der Waals surface area contributed by atoms with Crippen molar-refractivity contribution in [1.82, 2.24) is 9.55 Å². The molecule has 1 aromatic carbocycles. The molecular weight excluding hydrogens is 310 g/mol. The average molecular weight is 329 g/mol. The molecule has 3 rings (SSSR count). The first-order valence-electron chi connectivity index (χ1n) is 7.54. The second kappa shape index (κ2) is 6.20. The minimum absolute atomic E-state index is 0.0514. The number of hydrogen-bond acceptors (Lipinski definition) is 4. The van der Waals surface area contributed by atoms with E-state index in [4.69, 9.17) is 0 Å². The summed E-state index contributed by atoms with van der Waals surface area (Å²) in [6, 6.07) is 5.83. The zero-order valence-corrected chi connectivity index (χ0v) is 14.2. The van der Waals surface area contributed by atoms with Crippen LogP contribution in [-0.4, -0.2) is 21.2 Å². The molecule has 0 bridgehead atoms. The van der Waals surface area contributed by atoms with Crippen molar-refractivity contribution in [2.24, 2.45) is 0 Å². The van der Waals surface area contributed by atoms with Crippen LogP contribution in [0.2, 0.25) is 0 Å². The summed E-state index contributed by atoms with van der Waals surface area (Å²) in [5, 5.41) is 3.66. The van der Waals surface area contributed by atoms with Crippen LogP contribution < -0.4 is 10.9 Å². The Kier molecular flexibility index (Phi) is 4.26. The van der Waals surface area contributed by atoms with Gasteiger partial charge in [0, 0.05) is 29.6 Å². The molecular formula is C17H19N3O2S. The second-order valence-corrected chi connectivity index (χ2v) is 6.92. The summed E-state index contributed by atoms with van der Waals surface area (Å²) in [4.78, 5) is 29.0. The molecule has 2 heterocycles. The average Bonchev–Trinajstić information content (AvgIpc) is 2.90. The van der Waals surface area contributed by atoms with Gasteiger partial charge in [0.25, 0.3) is 5.56 Å². The Morgan fingerprint density at radius 3 is 2.91 bits per heavy atom. The lowest BCUT2D eigenvalue weighted by Crippen LogP contribution is -2.28. The van der Waals surface area contributed by atoms with Gasteiger partial charge in [-0.1, -0.05) is 23.9 Å². The molecule has 0 radical (unpaired) electrons. The number of rotatable bonds is 3. The summed E-state index contributed by atoms with van der Waals surface area (Å²) in [5.74, 6) is 0.622. The molecule has 1 aliphatic heterocycles. The molecule has 2 aromatic rings. The van der Waals surface area contributed by atoms with Gasteiger partial charge >= 0.3 is 0 Å². The number of hydrogen-bond donors (Lipinski definition) is 1. The van der Waals surface area contributed by atoms with Crippen LogP contribution in [0.1, 0.15) is 29.2 Å². The molecule has 1 atom stereocenters. The van der Waals surface area contributed by atoms with Crippen molar-refractivity contribution in [2.45, 2.75) is 38.4 Å². The highest BCUT2D eigenvalue weighted by Crippen LogP contribution is 2.32. The van der Waals surface area contributed by atoms with Crippen LogP contribution >= 0.6 is 11.8 Å². The largest absolute Gasteiger partial charge is 0.326 e. The number of thioether (sulfide) groups is 1. The van der Waals surface area contributed by atoms with Crippen LogP contribution in [-0.2, 0) is 4.79 Å². The number of aromatic nitrogens is 2. The maximum Gasteiger partial charge on any atom is 0.257 e. The van der Waals surface area contributed by atoms with E-state index in [1.165, 1.54) is 11.8 Å². The first-order chi connectivity index (χ1) is 11.0. The summed E-state index contributed by atoms with van der Waals surface area (Å²) >= 11 is 1.52. The molecule has 0 saturated carbocycles. The molecule has 1 aromatic heterocycles. The van der Waals surface area contributed by atoms with Gasteiger partial charge in [-0.05, 0) is 38.0 Å². The van der Waals surface area contributed by atoms with Crippen LogP contribution in [0.15, 0.2) is 34.3 Å². The van der Waals surface area contributed by atoms with E-state index in [0.717, 1.165) is 16.8 Å². The monoisotopic (exact) mass is 329 g/mol. The Morgan fingerprint density at radius 1 is 1.35 bits per heavy atom.